The number of amides is 2. The Bertz CT molecular complexity index is 913. The minimum Gasteiger partial charge on any atom is -0.478 e. The third kappa shape index (κ3) is 4.17. The average molecular weight is 386 g/mol. The highest BCUT2D eigenvalue weighted by molar-refractivity contribution is 6.13. The first-order chi connectivity index (χ1) is 13.4. The highest BCUT2D eigenvalue weighted by Crippen LogP contribution is 2.27. The number of methoxy groups -OCH3 is 1. The van der Waals surface area contributed by atoms with Crippen molar-refractivity contribution in [2.24, 2.45) is 5.92 Å². The van der Waals surface area contributed by atoms with Crippen LogP contribution < -0.4 is 10.2 Å². The van der Waals surface area contributed by atoms with E-state index in [0.717, 1.165) is 0 Å². The molecule has 1 heterocycles. The molecule has 2 amide bonds. The van der Waals surface area contributed by atoms with Gasteiger partial charge in [0.1, 0.15) is 11.7 Å². The van der Waals surface area contributed by atoms with Crippen molar-refractivity contribution < 1.29 is 28.6 Å². The number of hydrogen-bond donors (Lipinski definition) is 2. The molecule has 1 aliphatic heterocycles. The first-order valence-electron chi connectivity index (χ1n) is 8.63. The van der Waals surface area contributed by atoms with E-state index in [1.165, 1.54) is 48.4 Å². The van der Waals surface area contributed by atoms with Crippen molar-refractivity contribution in [3.05, 3.63) is 59.4 Å². The molecule has 2 N–H and O–H groups in total. The fourth-order valence-electron chi connectivity index (χ4n) is 3.17. The van der Waals surface area contributed by atoms with Gasteiger partial charge in [0, 0.05) is 25.0 Å². The van der Waals surface area contributed by atoms with Gasteiger partial charge in [0.25, 0.3) is 0 Å². The second kappa shape index (κ2) is 8.18. The summed E-state index contributed by atoms with van der Waals surface area (Å²) in [5.41, 5.74) is 1.40. The molecule has 0 bridgehead atoms. The zero-order chi connectivity index (χ0) is 20.3. The maximum absolute atomic E-state index is 13.1. The Kier molecular flexibility index (Phi) is 5.70. The maximum Gasteiger partial charge on any atom is 0.335 e. The van der Waals surface area contributed by atoms with Gasteiger partial charge in [-0.15, -0.1) is 0 Å². The van der Waals surface area contributed by atoms with E-state index in [0.29, 0.717) is 24.2 Å². The minimum absolute atomic E-state index is 0.00976. The molecule has 0 radical (unpaired) electrons. The monoisotopic (exact) mass is 386 g/mol. The molecule has 0 saturated carbocycles. The van der Waals surface area contributed by atoms with Crippen LogP contribution in [0.4, 0.5) is 15.8 Å². The van der Waals surface area contributed by atoms with Gasteiger partial charge in [-0.1, -0.05) is 0 Å². The average Bonchev–Trinajstić information content (AvgIpc) is 3.04. The first-order valence-corrected chi connectivity index (χ1v) is 8.63. The smallest absolute Gasteiger partial charge is 0.335 e. The van der Waals surface area contributed by atoms with Gasteiger partial charge in [0.2, 0.25) is 11.8 Å². The number of nitrogens with one attached hydrogen (secondary N) is 1. The summed E-state index contributed by atoms with van der Waals surface area (Å²) in [6.45, 7) is 0.525. The van der Waals surface area contributed by atoms with Gasteiger partial charge < -0.3 is 20.1 Å². The molecule has 1 aliphatic rings. The molecule has 8 heteroatoms. The standard InChI is InChI=1S/C20H19FN2O5/c1-28-11-12-8-13(20(26)27)10-15(9-12)22-18(24)17-6-7-23(19(17)25)16-4-2-14(21)3-5-16/h2-5,8-10,17H,6-7,11H2,1H3,(H,22,24)(H,26,27). The zero-order valence-corrected chi connectivity index (χ0v) is 15.1. The maximum atomic E-state index is 13.1. The summed E-state index contributed by atoms with van der Waals surface area (Å²) in [6.07, 6.45) is 0.311. The van der Waals surface area contributed by atoms with Crippen LogP contribution in [0.15, 0.2) is 42.5 Å². The van der Waals surface area contributed by atoms with Crippen LogP contribution in [0, 0.1) is 11.7 Å². The van der Waals surface area contributed by atoms with E-state index in [1.54, 1.807) is 6.07 Å². The minimum atomic E-state index is -1.13. The number of halogens is 1. The Labute approximate surface area is 160 Å². The summed E-state index contributed by atoms with van der Waals surface area (Å²) < 4.78 is 18.1. The number of carbonyl (C=O) groups excluding carboxylic acids is 2. The second-order valence-electron chi connectivity index (χ2n) is 6.45. The van der Waals surface area contributed by atoms with Crippen molar-refractivity contribution in [2.75, 3.05) is 23.9 Å². The van der Waals surface area contributed by atoms with E-state index < -0.39 is 23.6 Å². The topological polar surface area (TPSA) is 95.9 Å². The van der Waals surface area contributed by atoms with E-state index in [2.05, 4.69) is 5.32 Å². The van der Waals surface area contributed by atoms with E-state index in [-0.39, 0.29) is 23.8 Å². The summed E-state index contributed by atoms with van der Waals surface area (Å²) in [7, 11) is 1.48. The molecule has 0 aromatic heterocycles. The van der Waals surface area contributed by atoms with E-state index in [1.807, 2.05) is 0 Å². The quantitative estimate of drug-likeness (QED) is 0.744. The molecule has 1 fully saturated rings. The highest BCUT2D eigenvalue weighted by atomic mass is 19.1. The van der Waals surface area contributed by atoms with Gasteiger partial charge in [0.05, 0.1) is 12.2 Å². The molecule has 1 saturated heterocycles. The second-order valence-corrected chi connectivity index (χ2v) is 6.45. The van der Waals surface area contributed by atoms with Gasteiger partial charge in [-0.3, -0.25) is 9.59 Å². The van der Waals surface area contributed by atoms with Crippen LogP contribution in [0.2, 0.25) is 0 Å². The molecular formula is C20H19FN2O5. The van der Waals surface area contributed by atoms with Crippen LogP contribution in [-0.2, 0) is 20.9 Å². The predicted molar refractivity (Wildman–Crippen MR) is 99.6 cm³/mol. The number of anilines is 2. The Morgan fingerprint density at radius 1 is 1.25 bits per heavy atom. The normalized spacial score (nSPS) is 16.3. The Morgan fingerprint density at radius 3 is 2.61 bits per heavy atom. The molecular weight excluding hydrogens is 367 g/mol. The predicted octanol–water partition coefficient (Wildman–Crippen LogP) is 2.66. The molecule has 28 heavy (non-hydrogen) atoms. The highest BCUT2D eigenvalue weighted by Gasteiger charge is 2.37. The fraction of sp³-hybridized carbons (Fsp3) is 0.250. The van der Waals surface area contributed by atoms with Gasteiger partial charge in [-0.05, 0) is 54.4 Å². The van der Waals surface area contributed by atoms with Crippen LogP contribution in [0.3, 0.4) is 0 Å². The number of carboxylic acids is 1. The molecule has 0 aliphatic carbocycles. The number of nitrogens with zero attached hydrogens (tertiary/aromatic N) is 1. The number of hydrogen-bond acceptors (Lipinski definition) is 4. The number of rotatable bonds is 6. The van der Waals surface area contributed by atoms with Crippen LogP contribution in [-0.4, -0.2) is 36.5 Å². The van der Waals surface area contributed by atoms with Crippen molar-refractivity contribution in [3.8, 4) is 0 Å². The lowest BCUT2D eigenvalue weighted by atomic mass is 10.1. The van der Waals surface area contributed by atoms with Crippen LogP contribution in [0.5, 0.6) is 0 Å². The molecule has 1 atom stereocenters. The number of carboxylic acid groups (broad SMARTS) is 1. The SMILES string of the molecule is COCc1cc(NC(=O)C2CCN(c3ccc(F)cc3)C2=O)cc(C(=O)O)c1. The Hall–Kier alpha value is -3.26. The van der Waals surface area contributed by atoms with Crippen molar-refractivity contribution in [1.82, 2.24) is 0 Å². The number of ether oxygens (including phenoxy) is 1. The largest absolute Gasteiger partial charge is 0.478 e. The van der Waals surface area contributed by atoms with Gasteiger partial charge in [-0.25, -0.2) is 9.18 Å². The molecule has 2 aromatic carbocycles. The van der Waals surface area contributed by atoms with Gasteiger partial charge in [0.15, 0.2) is 0 Å². The van der Waals surface area contributed by atoms with E-state index in [4.69, 9.17) is 4.74 Å². The zero-order valence-electron chi connectivity index (χ0n) is 15.1. The van der Waals surface area contributed by atoms with Crippen molar-refractivity contribution in [3.63, 3.8) is 0 Å². The molecule has 2 aromatic rings. The van der Waals surface area contributed by atoms with Crippen LogP contribution in [0.25, 0.3) is 0 Å². The summed E-state index contributed by atoms with van der Waals surface area (Å²) in [5, 5.41) is 11.9. The lowest BCUT2D eigenvalue weighted by Gasteiger charge is -2.17. The van der Waals surface area contributed by atoms with Crippen molar-refractivity contribution >= 4 is 29.2 Å². The van der Waals surface area contributed by atoms with Crippen molar-refractivity contribution in [1.29, 1.82) is 0 Å². The Morgan fingerprint density at radius 2 is 1.96 bits per heavy atom. The first kappa shape index (κ1) is 19.5. The lowest BCUT2D eigenvalue weighted by Crippen LogP contribution is -2.33. The van der Waals surface area contributed by atoms with Gasteiger partial charge in [-0.2, -0.15) is 0 Å². The van der Waals surface area contributed by atoms with E-state index in [9.17, 15) is 23.9 Å². The van der Waals surface area contributed by atoms with Crippen LogP contribution in [0.1, 0.15) is 22.3 Å². The Balaban J connectivity index is 1.75. The molecule has 3 rings (SSSR count). The molecule has 146 valence electrons. The van der Waals surface area contributed by atoms with Gasteiger partial charge >= 0.3 is 5.97 Å². The van der Waals surface area contributed by atoms with Crippen molar-refractivity contribution in [2.45, 2.75) is 13.0 Å². The molecule has 1 unspecified atom stereocenters. The lowest BCUT2D eigenvalue weighted by molar-refractivity contribution is -0.129. The number of carbonyl (C=O) groups is 3. The summed E-state index contributed by atoms with van der Waals surface area (Å²) >= 11 is 0. The third-order valence-electron chi connectivity index (χ3n) is 4.48. The number of aromatic carboxylic acids is 1. The fourth-order valence-corrected chi connectivity index (χ4v) is 3.17. The molecule has 0 spiro atoms. The molecule has 7 nitrogen and oxygen atoms in total. The summed E-state index contributed by atoms with van der Waals surface area (Å²) in [4.78, 5) is 38.0. The number of benzene rings is 2. The van der Waals surface area contributed by atoms with E-state index >= 15 is 0 Å². The third-order valence-corrected chi connectivity index (χ3v) is 4.48. The summed E-state index contributed by atoms with van der Waals surface area (Å²) in [5.74, 6) is -3.33. The van der Waals surface area contributed by atoms with Crippen LogP contribution >= 0.6 is 0 Å². The summed E-state index contributed by atoms with van der Waals surface area (Å²) in [6, 6.07) is 9.87.